The Labute approximate surface area is 117 Å². The highest BCUT2D eigenvalue weighted by Crippen LogP contribution is 2.18. The van der Waals surface area contributed by atoms with Crippen LogP contribution in [0.15, 0.2) is 18.5 Å². The highest BCUT2D eigenvalue weighted by molar-refractivity contribution is 5.94. The van der Waals surface area contributed by atoms with Gasteiger partial charge in [-0.15, -0.1) is 0 Å². The molecule has 0 saturated carbocycles. The molecule has 0 aromatic carbocycles. The van der Waals surface area contributed by atoms with Gasteiger partial charge < -0.3 is 10.4 Å². The molecule has 0 aliphatic rings. The SMILES string of the molecule is Cc1cnn(CCNc2nc(C)cc(C)c2C(=O)O)c1. The van der Waals surface area contributed by atoms with Gasteiger partial charge in [-0.3, -0.25) is 4.68 Å². The van der Waals surface area contributed by atoms with Crippen molar-refractivity contribution < 1.29 is 9.90 Å². The molecule has 0 amide bonds. The van der Waals surface area contributed by atoms with Gasteiger partial charge in [-0.25, -0.2) is 9.78 Å². The number of carboxylic acids is 1. The topological polar surface area (TPSA) is 80.0 Å². The summed E-state index contributed by atoms with van der Waals surface area (Å²) in [6.45, 7) is 6.82. The molecule has 6 nitrogen and oxygen atoms in total. The third-order valence-corrected chi connectivity index (χ3v) is 2.95. The van der Waals surface area contributed by atoms with E-state index in [-0.39, 0.29) is 5.56 Å². The van der Waals surface area contributed by atoms with Crippen LogP contribution < -0.4 is 5.32 Å². The Hall–Kier alpha value is -2.37. The molecule has 0 radical (unpaired) electrons. The number of aryl methyl sites for hydroxylation is 3. The standard InChI is InChI=1S/C14H18N4O2/c1-9-7-16-18(8-9)5-4-15-13-12(14(19)20)10(2)6-11(3)17-13/h6-8H,4-5H2,1-3H3,(H,15,17)(H,19,20). The zero-order chi connectivity index (χ0) is 14.7. The van der Waals surface area contributed by atoms with Gasteiger partial charge in [0.2, 0.25) is 0 Å². The van der Waals surface area contributed by atoms with Crippen LogP contribution in [0.1, 0.15) is 27.2 Å². The summed E-state index contributed by atoms with van der Waals surface area (Å²) in [6, 6.07) is 1.77. The molecule has 6 heteroatoms. The lowest BCUT2D eigenvalue weighted by molar-refractivity contribution is 0.0697. The predicted octanol–water partition coefficient (Wildman–Crippen LogP) is 2.01. The zero-order valence-electron chi connectivity index (χ0n) is 11.8. The lowest BCUT2D eigenvalue weighted by Gasteiger charge is -2.12. The van der Waals surface area contributed by atoms with Crippen molar-refractivity contribution in [3.63, 3.8) is 0 Å². The first-order valence-electron chi connectivity index (χ1n) is 6.42. The lowest BCUT2D eigenvalue weighted by Crippen LogP contribution is -2.15. The summed E-state index contributed by atoms with van der Waals surface area (Å²) in [5.74, 6) is -0.550. The molecular formula is C14H18N4O2. The largest absolute Gasteiger partial charge is 0.478 e. The van der Waals surface area contributed by atoms with E-state index in [0.29, 0.717) is 24.5 Å². The van der Waals surface area contributed by atoms with E-state index in [1.807, 2.05) is 24.7 Å². The van der Waals surface area contributed by atoms with Crippen molar-refractivity contribution in [1.29, 1.82) is 0 Å². The van der Waals surface area contributed by atoms with Crippen LogP contribution in [0.25, 0.3) is 0 Å². The van der Waals surface area contributed by atoms with Gasteiger partial charge in [0.1, 0.15) is 11.4 Å². The molecule has 2 aromatic heterocycles. The van der Waals surface area contributed by atoms with Crippen molar-refractivity contribution in [2.75, 3.05) is 11.9 Å². The van der Waals surface area contributed by atoms with Crippen molar-refractivity contribution in [3.8, 4) is 0 Å². The van der Waals surface area contributed by atoms with Crippen LogP contribution in [0, 0.1) is 20.8 Å². The maximum Gasteiger partial charge on any atom is 0.339 e. The maximum absolute atomic E-state index is 11.3. The normalized spacial score (nSPS) is 10.6. The van der Waals surface area contributed by atoms with Crippen molar-refractivity contribution in [2.45, 2.75) is 27.3 Å². The minimum Gasteiger partial charge on any atom is -0.478 e. The number of anilines is 1. The minimum absolute atomic E-state index is 0.229. The van der Waals surface area contributed by atoms with Crippen LogP contribution in [-0.2, 0) is 6.54 Å². The Bertz CT molecular complexity index is 634. The van der Waals surface area contributed by atoms with Gasteiger partial charge in [-0.05, 0) is 38.0 Å². The van der Waals surface area contributed by atoms with Gasteiger partial charge in [0.15, 0.2) is 0 Å². The van der Waals surface area contributed by atoms with Crippen molar-refractivity contribution in [3.05, 3.63) is 40.8 Å². The molecule has 20 heavy (non-hydrogen) atoms. The van der Waals surface area contributed by atoms with Gasteiger partial charge in [-0.1, -0.05) is 0 Å². The van der Waals surface area contributed by atoms with Gasteiger partial charge in [0.05, 0.1) is 12.7 Å². The Morgan fingerprint density at radius 2 is 2.15 bits per heavy atom. The van der Waals surface area contributed by atoms with E-state index in [4.69, 9.17) is 0 Å². The third kappa shape index (κ3) is 3.14. The predicted molar refractivity (Wildman–Crippen MR) is 76.1 cm³/mol. The number of nitrogens with zero attached hydrogens (tertiary/aromatic N) is 3. The number of carboxylic acid groups (broad SMARTS) is 1. The molecular weight excluding hydrogens is 256 g/mol. The third-order valence-electron chi connectivity index (χ3n) is 2.95. The van der Waals surface area contributed by atoms with E-state index in [1.165, 1.54) is 0 Å². The number of nitrogens with one attached hydrogen (secondary N) is 1. The van der Waals surface area contributed by atoms with Gasteiger partial charge in [-0.2, -0.15) is 5.10 Å². The average molecular weight is 274 g/mol. The van der Waals surface area contributed by atoms with Crippen LogP contribution in [0.3, 0.4) is 0 Å². The molecule has 2 N–H and O–H groups in total. The van der Waals surface area contributed by atoms with Crippen LogP contribution in [0.2, 0.25) is 0 Å². The molecule has 2 rings (SSSR count). The number of carbonyl (C=O) groups is 1. The van der Waals surface area contributed by atoms with Crippen LogP contribution in [0.4, 0.5) is 5.82 Å². The smallest absolute Gasteiger partial charge is 0.339 e. The Morgan fingerprint density at radius 3 is 2.75 bits per heavy atom. The Balaban J connectivity index is 2.10. The molecule has 2 heterocycles. The summed E-state index contributed by atoms with van der Waals surface area (Å²) in [4.78, 5) is 15.6. The fourth-order valence-electron chi connectivity index (χ4n) is 2.11. The second kappa shape index (κ2) is 5.73. The summed E-state index contributed by atoms with van der Waals surface area (Å²) < 4.78 is 1.81. The molecule has 0 aliphatic heterocycles. The highest BCUT2D eigenvalue weighted by atomic mass is 16.4. The molecule has 0 fully saturated rings. The number of hydrogen-bond acceptors (Lipinski definition) is 4. The first kappa shape index (κ1) is 14.0. The first-order chi connectivity index (χ1) is 9.47. The van der Waals surface area contributed by atoms with Crippen LogP contribution in [0.5, 0.6) is 0 Å². The van der Waals surface area contributed by atoms with Crippen molar-refractivity contribution in [1.82, 2.24) is 14.8 Å². The monoisotopic (exact) mass is 274 g/mol. The molecule has 0 saturated heterocycles. The van der Waals surface area contributed by atoms with E-state index >= 15 is 0 Å². The van der Waals surface area contributed by atoms with Crippen LogP contribution >= 0.6 is 0 Å². The maximum atomic E-state index is 11.3. The van der Waals surface area contributed by atoms with Gasteiger partial charge >= 0.3 is 5.97 Å². The second-order valence-corrected chi connectivity index (χ2v) is 4.82. The average Bonchev–Trinajstić information content (AvgIpc) is 2.73. The summed E-state index contributed by atoms with van der Waals surface area (Å²) in [5, 5.41) is 16.5. The van der Waals surface area contributed by atoms with Gasteiger partial charge in [0.25, 0.3) is 0 Å². The number of hydrogen-bond donors (Lipinski definition) is 2. The van der Waals surface area contributed by atoms with E-state index < -0.39 is 5.97 Å². The van der Waals surface area contributed by atoms with Crippen LogP contribution in [-0.4, -0.2) is 32.4 Å². The minimum atomic E-state index is -0.965. The second-order valence-electron chi connectivity index (χ2n) is 4.82. The number of aromatic carboxylic acids is 1. The fourth-order valence-corrected chi connectivity index (χ4v) is 2.11. The fraction of sp³-hybridized carbons (Fsp3) is 0.357. The molecule has 2 aromatic rings. The summed E-state index contributed by atoms with van der Waals surface area (Å²) in [7, 11) is 0. The van der Waals surface area contributed by atoms with Crippen molar-refractivity contribution in [2.24, 2.45) is 0 Å². The van der Waals surface area contributed by atoms with Gasteiger partial charge in [0, 0.05) is 18.4 Å². The Morgan fingerprint density at radius 1 is 1.40 bits per heavy atom. The first-order valence-corrected chi connectivity index (χ1v) is 6.42. The highest BCUT2D eigenvalue weighted by Gasteiger charge is 2.15. The molecule has 0 aliphatic carbocycles. The Kier molecular flexibility index (Phi) is 4.02. The number of rotatable bonds is 5. The summed E-state index contributed by atoms with van der Waals surface area (Å²) in [6.07, 6.45) is 3.73. The number of pyridine rings is 1. The quantitative estimate of drug-likeness (QED) is 0.871. The zero-order valence-corrected chi connectivity index (χ0v) is 11.8. The van der Waals surface area contributed by atoms with E-state index in [2.05, 4.69) is 15.4 Å². The van der Waals surface area contributed by atoms with E-state index in [1.54, 1.807) is 19.2 Å². The summed E-state index contributed by atoms with van der Waals surface area (Å²) >= 11 is 0. The molecule has 0 bridgehead atoms. The molecule has 0 unspecified atom stereocenters. The number of aromatic nitrogens is 3. The molecule has 106 valence electrons. The van der Waals surface area contributed by atoms with Crippen molar-refractivity contribution >= 4 is 11.8 Å². The van der Waals surface area contributed by atoms with E-state index in [9.17, 15) is 9.90 Å². The van der Waals surface area contributed by atoms with E-state index in [0.717, 1.165) is 11.3 Å². The molecule has 0 atom stereocenters. The lowest BCUT2D eigenvalue weighted by atomic mass is 10.1. The molecule has 0 spiro atoms. The summed E-state index contributed by atoms with van der Waals surface area (Å²) in [5.41, 5.74) is 2.83.